The summed E-state index contributed by atoms with van der Waals surface area (Å²) >= 11 is 8.62. The number of anilines is 1. The van der Waals surface area contributed by atoms with Gasteiger partial charge in [-0.05, 0) is 49.9 Å². The first-order chi connectivity index (χ1) is 9.28. The molecule has 0 aliphatic heterocycles. The van der Waals surface area contributed by atoms with E-state index in [2.05, 4.69) is 21.2 Å². The SMILES string of the molecule is CCC(CC)(C(=O)Nc1cc(C)c(Br)c(C)c1)C(N)=S. The highest BCUT2D eigenvalue weighted by Crippen LogP contribution is 2.30. The van der Waals surface area contributed by atoms with Gasteiger partial charge in [-0.3, -0.25) is 4.79 Å². The van der Waals surface area contributed by atoms with Crippen LogP contribution < -0.4 is 11.1 Å². The molecule has 0 fully saturated rings. The molecule has 0 aliphatic rings. The molecule has 0 atom stereocenters. The predicted molar refractivity (Wildman–Crippen MR) is 92.0 cm³/mol. The third-order valence-corrected chi connectivity index (χ3v) is 5.45. The van der Waals surface area contributed by atoms with Crippen LogP contribution in [0.1, 0.15) is 37.8 Å². The maximum absolute atomic E-state index is 12.6. The number of nitrogens with two attached hydrogens (primary N) is 1. The summed E-state index contributed by atoms with van der Waals surface area (Å²) in [5, 5.41) is 2.95. The van der Waals surface area contributed by atoms with Gasteiger partial charge in [0.1, 0.15) is 0 Å². The van der Waals surface area contributed by atoms with Crippen molar-refractivity contribution >= 4 is 44.7 Å². The average Bonchev–Trinajstić information content (AvgIpc) is 2.37. The van der Waals surface area contributed by atoms with Crippen molar-refractivity contribution in [2.24, 2.45) is 11.1 Å². The molecule has 0 aromatic heterocycles. The van der Waals surface area contributed by atoms with E-state index in [1.54, 1.807) is 0 Å². The quantitative estimate of drug-likeness (QED) is 0.780. The Bertz CT molecular complexity index is 516. The van der Waals surface area contributed by atoms with Crippen molar-refractivity contribution in [3.63, 3.8) is 0 Å². The van der Waals surface area contributed by atoms with Gasteiger partial charge >= 0.3 is 0 Å². The molecule has 3 nitrogen and oxygen atoms in total. The molecule has 1 aromatic carbocycles. The van der Waals surface area contributed by atoms with Gasteiger partial charge in [0.05, 0.1) is 10.4 Å². The van der Waals surface area contributed by atoms with Crippen LogP contribution in [0.25, 0.3) is 0 Å². The Morgan fingerprint density at radius 2 is 1.75 bits per heavy atom. The smallest absolute Gasteiger partial charge is 0.237 e. The van der Waals surface area contributed by atoms with Crippen LogP contribution in [0, 0.1) is 19.3 Å². The van der Waals surface area contributed by atoms with Gasteiger partial charge in [0.15, 0.2) is 0 Å². The van der Waals surface area contributed by atoms with E-state index in [9.17, 15) is 4.79 Å². The first-order valence-electron chi connectivity index (χ1n) is 6.66. The number of carbonyl (C=O) groups excluding carboxylic acids is 1. The fourth-order valence-electron chi connectivity index (χ4n) is 2.30. The number of amides is 1. The first-order valence-corrected chi connectivity index (χ1v) is 7.86. The molecule has 5 heteroatoms. The van der Waals surface area contributed by atoms with Crippen LogP contribution in [-0.4, -0.2) is 10.9 Å². The molecule has 1 amide bonds. The summed E-state index contributed by atoms with van der Waals surface area (Å²) < 4.78 is 1.06. The number of rotatable bonds is 5. The molecule has 1 aromatic rings. The molecule has 0 unspecified atom stereocenters. The maximum atomic E-state index is 12.6. The summed E-state index contributed by atoms with van der Waals surface area (Å²) in [4.78, 5) is 12.8. The number of hydrogen-bond acceptors (Lipinski definition) is 2. The van der Waals surface area contributed by atoms with E-state index >= 15 is 0 Å². The lowest BCUT2D eigenvalue weighted by Gasteiger charge is -2.29. The Kier molecular flexibility index (Phi) is 5.71. The molecule has 110 valence electrons. The van der Waals surface area contributed by atoms with Gasteiger partial charge < -0.3 is 11.1 Å². The minimum absolute atomic E-state index is 0.129. The molecule has 20 heavy (non-hydrogen) atoms. The third kappa shape index (κ3) is 3.20. The number of thiocarbonyl (C=S) groups is 1. The van der Waals surface area contributed by atoms with Crippen LogP contribution in [0.4, 0.5) is 5.69 Å². The highest BCUT2D eigenvalue weighted by molar-refractivity contribution is 9.10. The van der Waals surface area contributed by atoms with Crippen molar-refractivity contribution < 1.29 is 4.79 Å². The van der Waals surface area contributed by atoms with Crippen LogP contribution in [0.5, 0.6) is 0 Å². The Morgan fingerprint density at radius 3 is 2.10 bits per heavy atom. The Balaban J connectivity index is 3.09. The van der Waals surface area contributed by atoms with Crippen molar-refractivity contribution in [2.45, 2.75) is 40.5 Å². The number of benzene rings is 1. The second-order valence-corrected chi connectivity index (χ2v) is 6.26. The average molecular weight is 357 g/mol. The van der Waals surface area contributed by atoms with Crippen LogP contribution in [0.2, 0.25) is 0 Å². The Hall–Kier alpha value is -0.940. The number of carbonyl (C=O) groups is 1. The van der Waals surface area contributed by atoms with E-state index in [1.807, 2.05) is 39.8 Å². The van der Waals surface area contributed by atoms with Gasteiger partial charge in [0.25, 0.3) is 0 Å². The van der Waals surface area contributed by atoms with E-state index in [4.69, 9.17) is 18.0 Å². The van der Waals surface area contributed by atoms with Crippen molar-refractivity contribution in [1.82, 2.24) is 0 Å². The molecule has 0 bridgehead atoms. The normalized spacial score (nSPS) is 11.2. The molecule has 0 saturated heterocycles. The first kappa shape index (κ1) is 17.1. The minimum Gasteiger partial charge on any atom is -0.392 e. The second-order valence-electron chi connectivity index (χ2n) is 5.03. The fourth-order valence-corrected chi connectivity index (χ4v) is 2.91. The Labute approximate surface area is 134 Å². The highest BCUT2D eigenvalue weighted by Gasteiger charge is 2.38. The van der Waals surface area contributed by atoms with Gasteiger partial charge in [-0.15, -0.1) is 0 Å². The molecule has 0 radical (unpaired) electrons. The number of aryl methyl sites for hydroxylation is 2. The van der Waals surface area contributed by atoms with E-state index < -0.39 is 5.41 Å². The molecule has 3 N–H and O–H groups in total. The summed E-state index contributed by atoms with van der Waals surface area (Å²) in [6.45, 7) is 7.85. The molecular weight excluding hydrogens is 336 g/mol. The largest absolute Gasteiger partial charge is 0.392 e. The Morgan fingerprint density at radius 1 is 1.30 bits per heavy atom. The summed E-state index contributed by atoms with van der Waals surface area (Å²) in [5.74, 6) is -0.129. The van der Waals surface area contributed by atoms with Gasteiger partial charge in [-0.25, -0.2) is 0 Å². The lowest BCUT2D eigenvalue weighted by molar-refractivity contribution is -0.122. The van der Waals surface area contributed by atoms with Gasteiger partial charge in [-0.2, -0.15) is 0 Å². The zero-order valence-corrected chi connectivity index (χ0v) is 14.7. The van der Waals surface area contributed by atoms with Gasteiger partial charge in [-0.1, -0.05) is 42.0 Å². The standard InChI is InChI=1S/C15H21BrN2OS/c1-5-15(6-2,13(17)20)14(19)18-11-7-9(3)12(16)10(4)8-11/h7-8H,5-6H2,1-4H3,(H2,17,20)(H,18,19). The number of hydrogen-bond donors (Lipinski definition) is 2. The zero-order valence-electron chi connectivity index (χ0n) is 12.3. The van der Waals surface area contributed by atoms with Crippen LogP contribution in [-0.2, 0) is 4.79 Å². The topological polar surface area (TPSA) is 55.1 Å². The van der Waals surface area contributed by atoms with E-state index in [-0.39, 0.29) is 10.9 Å². The number of halogens is 1. The summed E-state index contributed by atoms with van der Waals surface area (Å²) in [7, 11) is 0. The van der Waals surface area contributed by atoms with E-state index in [1.165, 1.54) is 0 Å². The molecular formula is C15H21BrN2OS. The number of nitrogens with one attached hydrogen (secondary N) is 1. The van der Waals surface area contributed by atoms with Crippen molar-refractivity contribution in [3.05, 3.63) is 27.7 Å². The molecule has 0 aliphatic carbocycles. The minimum atomic E-state index is -0.774. The van der Waals surface area contributed by atoms with Crippen molar-refractivity contribution in [3.8, 4) is 0 Å². The predicted octanol–water partition coefficient (Wildman–Crippen LogP) is 4.10. The fraction of sp³-hybridized carbons (Fsp3) is 0.467. The lowest BCUT2D eigenvalue weighted by atomic mass is 9.81. The second kappa shape index (κ2) is 6.68. The molecule has 0 heterocycles. The van der Waals surface area contributed by atoms with Crippen LogP contribution in [0.3, 0.4) is 0 Å². The highest BCUT2D eigenvalue weighted by atomic mass is 79.9. The van der Waals surface area contributed by atoms with Gasteiger partial charge in [0, 0.05) is 10.2 Å². The molecule has 0 spiro atoms. The van der Waals surface area contributed by atoms with E-state index in [0.29, 0.717) is 12.8 Å². The van der Waals surface area contributed by atoms with Crippen molar-refractivity contribution in [1.29, 1.82) is 0 Å². The summed E-state index contributed by atoms with van der Waals surface area (Å²) in [6, 6.07) is 3.87. The zero-order chi connectivity index (χ0) is 15.5. The lowest BCUT2D eigenvalue weighted by Crippen LogP contribution is -2.45. The monoisotopic (exact) mass is 356 g/mol. The summed E-state index contributed by atoms with van der Waals surface area (Å²) in [6.07, 6.45) is 1.19. The summed E-state index contributed by atoms with van der Waals surface area (Å²) in [5.41, 5.74) is 7.95. The van der Waals surface area contributed by atoms with Crippen LogP contribution in [0.15, 0.2) is 16.6 Å². The van der Waals surface area contributed by atoms with Gasteiger partial charge in [0.2, 0.25) is 5.91 Å². The van der Waals surface area contributed by atoms with Crippen LogP contribution >= 0.6 is 28.1 Å². The van der Waals surface area contributed by atoms with E-state index in [0.717, 1.165) is 21.3 Å². The third-order valence-electron chi connectivity index (χ3n) is 3.81. The molecule has 1 rings (SSSR count). The molecule has 0 saturated carbocycles. The van der Waals surface area contributed by atoms with Crippen molar-refractivity contribution in [2.75, 3.05) is 5.32 Å². The maximum Gasteiger partial charge on any atom is 0.237 e.